The second kappa shape index (κ2) is 7.57. The molecule has 7 heteroatoms. The first-order valence-electron chi connectivity index (χ1n) is 7.61. The summed E-state index contributed by atoms with van der Waals surface area (Å²) in [6.07, 6.45) is 5.90. The molecular formula is C16H16Cl2N4S. The van der Waals surface area contributed by atoms with Crippen molar-refractivity contribution in [2.45, 2.75) is 43.3 Å². The Morgan fingerprint density at radius 3 is 2.70 bits per heavy atom. The van der Waals surface area contributed by atoms with Gasteiger partial charge in [-0.15, -0.1) is 10.2 Å². The van der Waals surface area contributed by atoms with Gasteiger partial charge in [0.1, 0.15) is 0 Å². The molecule has 2 aromatic rings. The Morgan fingerprint density at radius 1 is 1.22 bits per heavy atom. The normalized spacial score (nSPS) is 15.5. The van der Waals surface area contributed by atoms with Crippen LogP contribution in [-0.4, -0.2) is 20.5 Å². The molecule has 0 bridgehead atoms. The van der Waals surface area contributed by atoms with E-state index in [0.717, 1.165) is 29.4 Å². The van der Waals surface area contributed by atoms with Crippen LogP contribution in [0.3, 0.4) is 0 Å². The molecule has 0 atom stereocenters. The number of nitrogens with zero attached hydrogens (tertiary/aromatic N) is 4. The molecule has 0 radical (unpaired) electrons. The zero-order chi connectivity index (χ0) is 16.2. The van der Waals surface area contributed by atoms with Gasteiger partial charge in [0.05, 0.1) is 16.8 Å². The summed E-state index contributed by atoms with van der Waals surface area (Å²) in [4.78, 5) is 0. The molecule has 0 spiro atoms. The molecule has 1 aromatic heterocycles. The minimum atomic E-state index is 0.360. The van der Waals surface area contributed by atoms with E-state index in [1.54, 1.807) is 6.07 Å². The van der Waals surface area contributed by atoms with Crippen LogP contribution in [-0.2, 0) is 0 Å². The molecule has 3 rings (SSSR count). The van der Waals surface area contributed by atoms with Gasteiger partial charge in [-0.25, -0.2) is 0 Å². The summed E-state index contributed by atoms with van der Waals surface area (Å²) in [6, 6.07) is 7.93. The van der Waals surface area contributed by atoms with Crippen molar-refractivity contribution in [3.63, 3.8) is 0 Å². The van der Waals surface area contributed by atoms with Gasteiger partial charge in [0.15, 0.2) is 11.0 Å². The van der Waals surface area contributed by atoms with Gasteiger partial charge in [0.2, 0.25) is 0 Å². The molecule has 1 fully saturated rings. The van der Waals surface area contributed by atoms with E-state index in [1.165, 1.54) is 31.0 Å². The lowest BCUT2D eigenvalue weighted by molar-refractivity contribution is 0.339. The van der Waals surface area contributed by atoms with E-state index in [4.69, 9.17) is 28.5 Å². The summed E-state index contributed by atoms with van der Waals surface area (Å²) in [6.45, 7) is 0. The summed E-state index contributed by atoms with van der Waals surface area (Å²) in [5, 5.41) is 19.5. The molecule has 0 aliphatic heterocycles. The Bertz CT molecular complexity index is 732. The van der Waals surface area contributed by atoms with Crippen molar-refractivity contribution in [1.82, 2.24) is 14.8 Å². The van der Waals surface area contributed by atoms with Crippen LogP contribution in [0, 0.1) is 11.3 Å². The molecule has 0 unspecified atom stereocenters. The number of aromatic nitrogens is 3. The van der Waals surface area contributed by atoms with Crippen LogP contribution in [0.1, 0.15) is 38.1 Å². The maximum atomic E-state index is 8.86. The number of benzene rings is 1. The first-order chi connectivity index (χ1) is 11.2. The number of hydrogen-bond acceptors (Lipinski definition) is 4. The highest BCUT2D eigenvalue weighted by Gasteiger charge is 2.24. The quantitative estimate of drug-likeness (QED) is 0.682. The third-order valence-electron chi connectivity index (χ3n) is 4.04. The summed E-state index contributed by atoms with van der Waals surface area (Å²) < 4.78 is 2.16. The molecule has 1 aliphatic rings. The van der Waals surface area contributed by atoms with Gasteiger partial charge in [0.25, 0.3) is 0 Å². The van der Waals surface area contributed by atoms with Gasteiger partial charge in [-0.1, -0.05) is 54.2 Å². The lowest BCUT2D eigenvalue weighted by Gasteiger charge is -2.25. The molecule has 1 heterocycles. The van der Waals surface area contributed by atoms with Gasteiger partial charge < -0.3 is 0 Å². The minimum absolute atomic E-state index is 0.360. The number of thioether (sulfide) groups is 1. The molecule has 4 nitrogen and oxygen atoms in total. The van der Waals surface area contributed by atoms with E-state index in [9.17, 15) is 0 Å². The Morgan fingerprint density at radius 2 is 2.00 bits per heavy atom. The monoisotopic (exact) mass is 366 g/mol. The third kappa shape index (κ3) is 3.65. The topological polar surface area (TPSA) is 54.5 Å². The molecule has 1 saturated carbocycles. The van der Waals surface area contributed by atoms with Crippen molar-refractivity contribution in [2.24, 2.45) is 0 Å². The highest BCUT2D eigenvalue weighted by molar-refractivity contribution is 7.99. The fraction of sp³-hybridized carbons (Fsp3) is 0.438. The summed E-state index contributed by atoms with van der Waals surface area (Å²) in [7, 11) is 0. The Balaban J connectivity index is 2.05. The second-order valence-electron chi connectivity index (χ2n) is 5.54. The molecule has 0 amide bonds. The fourth-order valence-electron chi connectivity index (χ4n) is 3.00. The van der Waals surface area contributed by atoms with Crippen molar-refractivity contribution in [3.8, 4) is 17.5 Å². The highest BCUT2D eigenvalue weighted by atomic mass is 35.5. The molecule has 23 heavy (non-hydrogen) atoms. The van der Waals surface area contributed by atoms with Crippen molar-refractivity contribution in [1.29, 1.82) is 5.26 Å². The Kier molecular flexibility index (Phi) is 5.47. The van der Waals surface area contributed by atoms with Crippen LogP contribution in [0.25, 0.3) is 11.4 Å². The van der Waals surface area contributed by atoms with Crippen molar-refractivity contribution < 1.29 is 0 Å². The van der Waals surface area contributed by atoms with E-state index in [1.807, 2.05) is 12.1 Å². The number of rotatable bonds is 4. The van der Waals surface area contributed by atoms with Gasteiger partial charge >= 0.3 is 0 Å². The lowest BCUT2D eigenvalue weighted by Crippen LogP contribution is -2.15. The zero-order valence-corrected chi connectivity index (χ0v) is 14.8. The smallest absolute Gasteiger partial charge is 0.192 e. The summed E-state index contributed by atoms with van der Waals surface area (Å²) in [5.74, 6) is 1.12. The molecule has 1 aliphatic carbocycles. The van der Waals surface area contributed by atoms with Gasteiger partial charge in [-0.3, -0.25) is 4.57 Å². The molecule has 0 saturated heterocycles. The predicted octanol–water partition coefficient (Wildman–Crippen LogP) is 5.37. The number of halogens is 2. The third-order valence-corrected chi connectivity index (χ3v) is 5.40. The number of hydrogen-bond donors (Lipinski definition) is 0. The fourth-order valence-corrected chi connectivity index (χ4v) is 4.15. The predicted molar refractivity (Wildman–Crippen MR) is 93.9 cm³/mol. The molecule has 120 valence electrons. The maximum Gasteiger partial charge on any atom is 0.192 e. The summed E-state index contributed by atoms with van der Waals surface area (Å²) >= 11 is 13.8. The van der Waals surface area contributed by atoms with Crippen LogP contribution < -0.4 is 0 Å². The molecule has 1 aromatic carbocycles. The average Bonchev–Trinajstić information content (AvgIpc) is 2.97. The lowest BCUT2D eigenvalue weighted by atomic mass is 9.95. The van der Waals surface area contributed by atoms with Crippen molar-refractivity contribution >= 4 is 35.0 Å². The van der Waals surface area contributed by atoms with Crippen LogP contribution in [0.4, 0.5) is 0 Å². The summed E-state index contributed by atoms with van der Waals surface area (Å²) in [5.41, 5.74) is 0.831. The minimum Gasteiger partial charge on any atom is -0.299 e. The SMILES string of the molecule is N#CCSc1nnc(-c2ccc(Cl)cc2Cl)n1C1CCCCC1. The molecule has 0 N–H and O–H groups in total. The van der Waals surface area contributed by atoms with E-state index in [-0.39, 0.29) is 0 Å². The van der Waals surface area contributed by atoms with Gasteiger partial charge in [0, 0.05) is 16.6 Å². The van der Waals surface area contributed by atoms with Crippen LogP contribution >= 0.6 is 35.0 Å². The molecular weight excluding hydrogens is 351 g/mol. The van der Waals surface area contributed by atoms with E-state index >= 15 is 0 Å². The van der Waals surface area contributed by atoms with E-state index in [2.05, 4.69) is 20.8 Å². The Hall–Kier alpha value is -1.22. The van der Waals surface area contributed by atoms with Crippen molar-refractivity contribution in [2.75, 3.05) is 5.75 Å². The van der Waals surface area contributed by atoms with E-state index < -0.39 is 0 Å². The first-order valence-corrected chi connectivity index (χ1v) is 9.35. The highest BCUT2D eigenvalue weighted by Crippen LogP contribution is 2.37. The largest absolute Gasteiger partial charge is 0.299 e. The van der Waals surface area contributed by atoms with Crippen LogP contribution in [0.5, 0.6) is 0 Å². The number of nitriles is 1. The average molecular weight is 367 g/mol. The van der Waals surface area contributed by atoms with Crippen LogP contribution in [0.15, 0.2) is 23.4 Å². The van der Waals surface area contributed by atoms with E-state index in [0.29, 0.717) is 21.8 Å². The first kappa shape index (κ1) is 16.6. The zero-order valence-electron chi connectivity index (χ0n) is 12.5. The second-order valence-corrected chi connectivity index (χ2v) is 7.33. The maximum absolute atomic E-state index is 8.86. The standard InChI is InChI=1S/C16H16Cl2N4S/c17-11-6-7-13(14(18)10-11)15-20-21-16(23-9-8-19)22(15)12-4-2-1-3-5-12/h6-7,10,12H,1-5,9H2. The van der Waals surface area contributed by atoms with Crippen molar-refractivity contribution in [3.05, 3.63) is 28.2 Å². The van der Waals surface area contributed by atoms with Gasteiger partial charge in [-0.05, 0) is 31.0 Å². The van der Waals surface area contributed by atoms with Crippen LogP contribution in [0.2, 0.25) is 10.0 Å². The van der Waals surface area contributed by atoms with Gasteiger partial charge in [-0.2, -0.15) is 5.26 Å². The Labute approximate surface area is 149 Å².